The van der Waals surface area contributed by atoms with Crippen LogP contribution in [0.4, 0.5) is 5.82 Å². The Morgan fingerprint density at radius 1 is 1.29 bits per heavy atom. The van der Waals surface area contributed by atoms with E-state index in [2.05, 4.69) is 20.6 Å². The maximum atomic E-state index is 12.0. The molecule has 1 amide bonds. The molecule has 6 nitrogen and oxygen atoms in total. The quantitative estimate of drug-likeness (QED) is 0.770. The SMILES string of the molecule is Cc1cc(C(=O)Nc2ccn(Cc3ccccc3)n2)n[nH]1. The van der Waals surface area contributed by atoms with E-state index in [1.807, 2.05) is 43.5 Å². The van der Waals surface area contributed by atoms with Gasteiger partial charge in [0.2, 0.25) is 0 Å². The molecule has 2 aromatic heterocycles. The molecule has 1 aromatic carbocycles. The van der Waals surface area contributed by atoms with Gasteiger partial charge in [0.05, 0.1) is 6.54 Å². The number of aromatic nitrogens is 4. The number of amides is 1. The van der Waals surface area contributed by atoms with Crippen molar-refractivity contribution in [3.8, 4) is 0 Å². The van der Waals surface area contributed by atoms with Gasteiger partial charge in [-0.05, 0) is 18.6 Å². The third-order valence-electron chi connectivity index (χ3n) is 3.01. The smallest absolute Gasteiger partial charge is 0.277 e. The molecule has 3 aromatic rings. The zero-order valence-corrected chi connectivity index (χ0v) is 11.6. The number of H-pyrrole nitrogens is 1. The Balaban J connectivity index is 1.66. The first kappa shape index (κ1) is 13.1. The maximum Gasteiger partial charge on any atom is 0.277 e. The number of aryl methyl sites for hydroxylation is 1. The number of aromatic amines is 1. The van der Waals surface area contributed by atoms with Crippen LogP contribution in [-0.2, 0) is 6.54 Å². The molecule has 0 fully saturated rings. The van der Waals surface area contributed by atoms with Crippen molar-refractivity contribution in [3.05, 3.63) is 65.6 Å². The van der Waals surface area contributed by atoms with Crippen LogP contribution in [0.15, 0.2) is 48.7 Å². The summed E-state index contributed by atoms with van der Waals surface area (Å²) in [6.45, 7) is 2.51. The summed E-state index contributed by atoms with van der Waals surface area (Å²) >= 11 is 0. The Hall–Kier alpha value is -2.89. The molecule has 0 aliphatic rings. The third-order valence-corrected chi connectivity index (χ3v) is 3.01. The number of benzene rings is 1. The Labute approximate surface area is 121 Å². The summed E-state index contributed by atoms with van der Waals surface area (Å²) in [6, 6.07) is 13.5. The molecule has 2 N–H and O–H groups in total. The lowest BCUT2D eigenvalue weighted by molar-refractivity contribution is 0.102. The van der Waals surface area contributed by atoms with E-state index < -0.39 is 0 Å². The maximum absolute atomic E-state index is 12.0. The zero-order chi connectivity index (χ0) is 14.7. The highest BCUT2D eigenvalue weighted by atomic mass is 16.2. The molecule has 0 aliphatic heterocycles. The van der Waals surface area contributed by atoms with Gasteiger partial charge in [0.1, 0.15) is 0 Å². The molecular weight excluding hydrogens is 266 g/mol. The van der Waals surface area contributed by atoms with Crippen LogP contribution >= 0.6 is 0 Å². The number of nitrogens with zero attached hydrogens (tertiary/aromatic N) is 3. The van der Waals surface area contributed by atoms with Crippen molar-refractivity contribution >= 4 is 11.7 Å². The summed E-state index contributed by atoms with van der Waals surface area (Å²) in [7, 11) is 0. The third kappa shape index (κ3) is 3.17. The monoisotopic (exact) mass is 281 g/mol. The average Bonchev–Trinajstić information content (AvgIpc) is 3.09. The number of rotatable bonds is 4. The summed E-state index contributed by atoms with van der Waals surface area (Å²) in [5.41, 5.74) is 2.35. The van der Waals surface area contributed by atoms with Crippen LogP contribution in [0, 0.1) is 6.92 Å². The predicted octanol–water partition coefficient (Wildman–Crippen LogP) is 2.22. The molecule has 0 atom stereocenters. The molecule has 106 valence electrons. The van der Waals surface area contributed by atoms with Crippen molar-refractivity contribution in [2.45, 2.75) is 13.5 Å². The predicted molar refractivity (Wildman–Crippen MR) is 79.0 cm³/mol. The molecule has 0 spiro atoms. The first-order chi connectivity index (χ1) is 10.2. The number of hydrogen-bond acceptors (Lipinski definition) is 3. The van der Waals surface area contributed by atoms with E-state index in [1.54, 1.807) is 16.8 Å². The first-order valence-corrected chi connectivity index (χ1v) is 6.61. The van der Waals surface area contributed by atoms with Crippen LogP contribution in [0.25, 0.3) is 0 Å². The highest BCUT2D eigenvalue weighted by Crippen LogP contribution is 2.08. The minimum Gasteiger partial charge on any atom is -0.304 e. The largest absolute Gasteiger partial charge is 0.304 e. The van der Waals surface area contributed by atoms with Gasteiger partial charge in [-0.15, -0.1) is 0 Å². The van der Waals surface area contributed by atoms with Gasteiger partial charge in [-0.1, -0.05) is 30.3 Å². The van der Waals surface area contributed by atoms with Crippen LogP contribution < -0.4 is 5.32 Å². The lowest BCUT2D eigenvalue weighted by Crippen LogP contribution is -2.13. The second-order valence-corrected chi connectivity index (χ2v) is 4.77. The molecule has 3 rings (SSSR count). The highest BCUT2D eigenvalue weighted by molar-refractivity contribution is 6.02. The van der Waals surface area contributed by atoms with Gasteiger partial charge in [-0.25, -0.2) is 0 Å². The van der Waals surface area contributed by atoms with Crippen LogP contribution in [0.1, 0.15) is 21.7 Å². The van der Waals surface area contributed by atoms with Gasteiger partial charge in [0.15, 0.2) is 11.5 Å². The van der Waals surface area contributed by atoms with Gasteiger partial charge in [-0.3, -0.25) is 14.6 Å². The summed E-state index contributed by atoms with van der Waals surface area (Å²) in [5.74, 6) is 0.237. The van der Waals surface area contributed by atoms with Crippen LogP contribution in [0.5, 0.6) is 0 Å². The van der Waals surface area contributed by atoms with E-state index >= 15 is 0 Å². The van der Waals surface area contributed by atoms with Crippen molar-refractivity contribution < 1.29 is 4.79 Å². The molecular formula is C15H15N5O. The second kappa shape index (κ2) is 5.62. The van der Waals surface area contributed by atoms with Crippen molar-refractivity contribution in [1.82, 2.24) is 20.0 Å². The molecule has 0 unspecified atom stereocenters. The standard InChI is InChI=1S/C15H15N5O/c1-11-9-13(18-17-11)15(21)16-14-7-8-20(19-14)10-12-5-3-2-4-6-12/h2-9H,10H2,1H3,(H,17,18)(H,16,19,21). The lowest BCUT2D eigenvalue weighted by atomic mass is 10.2. The Bertz CT molecular complexity index is 744. The number of carbonyl (C=O) groups excluding carboxylic acids is 1. The van der Waals surface area contributed by atoms with E-state index in [4.69, 9.17) is 0 Å². The minimum atomic E-state index is -0.274. The Morgan fingerprint density at radius 2 is 2.10 bits per heavy atom. The van der Waals surface area contributed by atoms with E-state index in [0.29, 0.717) is 18.1 Å². The van der Waals surface area contributed by atoms with Crippen LogP contribution in [0.3, 0.4) is 0 Å². The van der Waals surface area contributed by atoms with Crippen molar-refractivity contribution in [2.24, 2.45) is 0 Å². The summed E-state index contributed by atoms with van der Waals surface area (Å²) in [6.07, 6.45) is 1.83. The normalized spacial score (nSPS) is 10.5. The lowest BCUT2D eigenvalue weighted by Gasteiger charge is -2.01. The molecule has 0 radical (unpaired) electrons. The van der Waals surface area contributed by atoms with Crippen molar-refractivity contribution in [1.29, 1.82) is 0 Å². The molecule has 0 bridgehead atoms. The number of hydrogen-bond donors (Lipinski definition) is 2. The fourth-order valence-corrected chi connectivity index (χ4v) is 2.00. The summed E-state index contributed by atoms with van der Waals surface area (Å²) in [4.78, 5) is 12.0. The Morgan fingerprint density at radius 3 is 2.81 bits per heavy atom. The Kier molecular flexibility index (Phi) is 3.51. The summed E-state index contributed by atoms with van der Waals surface area (Å²) in [5, 5.41) is 13.7. The zero-order valence-electron chi connectivity index (χ0n) is 11.6. The molecule has 2 heterocycles. The van der Waals surface area contributed by atoms with Gasteiger partial charge >= 0.3 is 0 Å². The molecule has 0 saturated heterocycles. The topological polar surface area (TPSA) is 75.6 Å². The molecule has 6 heteroatoms. The fraction of sp³-hybridized carbons (Fsp3) is 0.133. The highest BCUT2D eigenvalue weighted by Gasteiger charge is 2.10. The van der Waals surface area contributed by atoms with Crippen molar-refractivity contribution in [3.63, 3.8) is 0 Å². The van der Waals surface area contributed by atoms with Gasteiger partial charge in [0.25, 0.3) is 5.91 Å². The minimum absolute atomic E-state index is 0.274. The van der Waals surface area contributed by atoms with Gasteiger partial charge in [-0.2, -0.15) is 10.2 Å². The van der Waals surface area contributed by atoms with E-state index in [1.165, 1.54) is 0 Å². The second-order valence-electron chi connectivity index (χ2n) is 4.77. The number of nitrogens with one attached hydrogen (secondary N) is 2. The molecule has 0 aliphatic carbocycles. The first-order valence-electron chi connectivity index (χ1n) is 6.61. The van der Waals surface area contributed by atoms with Crippen molar-refractivity contribution in [2.75, 3.05) is 5.32 Å². The molecule has 21 heavy (non-hydrogen) atoms. The fourth-order valence-electron chi connectivity index (χ4n) is 2.00. The van der Waals surface area contributed by atoms with Crippen LogP contribution in [-0.4, -0.2) is 25.9 Å². The van der Waals surface area contributed by atoms with Crippen LogP contribution in [0.2, 0.25) is 0 Å². The average molecular weight is 281 g/mol. The molecule has 0 saturated carbocycles. The van der Waals surface area contributed by atoms with E-state index in [-0.39, 0.29) is 5.91 Å². The van der Waals surface area contributed by atoms with E-state index in [0.717, 1.165) is 11.3 Å². The number of anilines is 1. The van der Waals surface area contributed by atoms with E-state index in [9.17, 15) is 4.79 Å². The van der Waals surface area contributed by atoms with Gasteiger partial charge < -0.3 is 5.32 Å². The van der Waals surface area contributed by atoms with Gasteiger partial charge in [0, 0.05) is 18.0 Å². The number of carbonyl (C=O) groups is 1. The summed E-state index contributed by atoms with van der Waals surface area (Å²) < 4.78 is 1.78.